The molecule has 1 aromatic heterocycles. The highest BCUT2D eigenvalue weighted by molar-refractivity contribution is 5.29. The summed E-state index contributed by atoms with van der Waals surface area (Å²) in [6.45, 7) is 1.13. The van der Waals surface area contributed by atoms with Crippen LogP contribution in [-0.2, 0) is 12.0 Å². The number of rotatable bonds is 0. The quantitative estimate of drug-likeness (QED) is 0.723. The molecule has 4 rings (SSSR count). The average molecular weight is 217 g/mol. The van der Waals surface area contributed by atoms with Gasteiger partial charge >= 0.3 is 0 Å². The maximum absolute atomic E-state index is 5.81. The summed E-state index contributed by atoms with van der Waals surface area (Å²) in [4.78, 5) is 0. The fourth-order valence-corrected chi connectivity index (χ4v) is 4.42. The van der Waals surface area contributed by atoms with E-state index in [1.54, 1.807) is 0 Å². The SMILES string of the molecule is c1cc2c(o1)C1(C[C@@H]3CC[C@@H](C3)C1)NCC2. The van der Waals surface area contributed by atoms with Gasteiger partial charge in [0, 0.05) is 6.54 Å². The van der Waals surface area contributed by atoms with Crippen molar-refractivity contribution in [3.8, 4) is 0 Å². The largest absolute Gasteiger partial charge is 0.467 e. The number of furan rings is 1. The summed E-state index contributed by atoms with van der Waals surface area (Å²) in [5.41, 5.74) is 1.67. The Kier molecular flexibility index (Phi) is 1.82. The summed E-state index contributed by atoms with van der Waals surface area (Å²) in [6.07, 6.45) is 10.0. The van der Waals surface area contributed by atoms with Crippen LogP contribution in [-0.4, -0.2) is 6.54 Å². The monoisotopic (exact) mass is 217 g/mol. The van der Waals surface area contributed by atoms with Crippen LogP contribution in [0, 0.1) is 11.8 Å². The van der Waals surface area contributed by atoms with Crippen molar-refractivity contribution in [2.45, 2.75) is 44.1 Å². The van der Waals surface area contributed by atoms with Crippen molar-refractivity contribution in [1.29, 1.82) is 0 Å². The first-order chi connectivity index (χ1) is 7.86. The van der Waals surface area contributed by atoms with E-state index in [-0.39, 0.29) is 5.54 Å². The van der Waals surface area contributed by atoms with Crippen LogP contribution in [0.15, 0.2) is 16.7 Å². The predicted octanol–water partition coefficient (Wildman–Crippen LogP) is 2.83. The molecule has 16 heavy (non-hydrogen) atoms. The lowest BCUT2D eigenvalue weighted by molar-refractivity contribution is 0.135. The first-order valence-electron chi connectivity index (χ1n) is 6.68. The summed E-state index contributed by atoms with van der Waals surface area (Å²) in [5.74, 6) is 3.17. The molecule has 0 radical (unpaired) electrons. The zero-order valence-electron chi connectivity index (χ0n) is 9.67. The van der Waals surface area contributed by atoms with Crippen molar-refractivity contribution in [3.05, 3.63) is 23.7 Å². The molecule has 0 saturated heterocycles. The third-order valence-corrected chi connectivity index (χ3v) is 4.96. The van der Waals surface area contributed by atoms with Crippen molar-refractivity contribution in [2.75, 3.05) is 6.54 Å². The molecule has 2 fully saturated rings. The maximum atomic E-state index is 5.81. The van der Waals surface area contributed by atoms with E-state index in [9.17, 15) is 0 Å². The lowest BCUT2D eigenvalue weighted by atomic mass is 9.71. The van der Waals surface area contributed by atoms with Crippen LogP contribution in [0.2, 0.25) is 0 Å². The lowest BCUT2D eigenvalue weighted by Crippen LogP contribution is -2.50. The molecule has 86 valence electrons. The standard InChI is InChI=1S/C14H19NO/c1-2-11-7-10(1)8-14(9-11)13-12(3-5-15-14)4-6-16-13/h4,6,10-11,15H,1-3,5,7-9H2/t10-,11+,14?. The summed E-state index contributed by atoms with van der Waals surface area (Å²) >= 11 is 0. The van der Waals surface area contributed by atoms with Crippen LogP contribution in [0.3, 0.4) is 0 Å². The van der Waals surface area contributed by atoms with Crippen LogP contribution in [0.5, 0.6) is 0 Å². The highest BCUT2D eigenvalue weighted by Crippen LogP contribution is 2.52. The summed E-state index contributed by atoms with van der Waals surface area (Å²) in [5, 5.41) is 3.78. The number of hydrogen-bond donors (Lipinski definition) is 1. The van der Waals surface area contributed by atoms with Crippen LogP contribution >= 0.6 is 0 Å². The van der Waals surface area contributed by atoms with Crippen molar-refractivity contribution >= 4 is 0 Å². The van der Waals surface area contributed by atoms with Gasteiger partial charge in [0.15, 0.2) is 0 Å². The van der Waals surface area contributed by atoms with Gasteiger partial charge in [0.1, 0.15) is 5.76 Å². The molecule has 1 N–H and O–H groups in total. The minimum absolute atomic E-state index is 0.209. The van der Waals surface area contributed by atoms with Gasteiger partial charge in [-0.25, -0.2) is 0 Å². The van der Waals surface area contributed by atoms with Gasteiger partial charge in [-0.15, -0.1) is 0 Å². The average Bonchev–Trinajstić information content (AvgIpc) is 2.87. The Morgan fingerprint density at radius 1 is 1.25 bits per heavy atom. The third-order valence-electron chi connectivity index (χ3n) is 4.96. The molecule has 2 heteroatoms. The minimum Gasteiger partial charge on any atom is -0.467 e. The molecule has 1 aromatic rings. The van der Waals surface area contributed by atoms with Gasteiger partial charge in [-0.3, -0.25) is 0 Å². The number of hydrogen-bond acceptors (Lipinski definition) is 2. The zero-order chi connectivity index (χ0) is 10.6. The topological polar surface area (TPSA) is 25.2 Å². The molecule has 2 bridgehead atoms. The van der Waals surface area contributed by atoms with Crippen molar-refractivity contribution in [3.63, 3.8) is 0 Å². The fourth-order valence-electron chi connectivity index (χ4n) is 4.42. The van der Waals surface area contributed by atoms with Crippen LogP contribution in [0.1, 0.15) is 43.4 Å². The first-order valence-corrected chi connectivity index (χ1v) is 6.68. The number of fused-ring (bicyclic) bond motifs is 4. The van der Waals surface area contributed by atoms with Crippen LogP contribution in [0.4, 0.5) is 0 Å². The van der Waals surface area contributed by atoms with E-state index in [0.29, 0.717) is 0 Å². The molecule has 2 saturated carbocycles. The molecule has 1 unspecified atom stereocenters. The Hall–Kier alpha value is -0.760. The van der Waals surface area contributed by atoms with E-state index >= 15 is 0 Å². The van der Waals surface area contributed by atoms with Crippen molar-refractivity contribution in [1.82, 2.24) is 5.32 Å². The van der Waals surface area contributed by atoms with Crippen LogP contribution < -0.4 is 5.32 Å². The molecular formula is C14H19NO. The summed E-state index contributed by atoms with van der Waals surface area (Å²) < 4.78 is 5.81. The van der Waals surface area contributed by atoms with E-state index in [0.717, 1.165) is 24.8 Å². The van der Waals surface area contributed by atoms with E-state index in [4.69, 9.17) is 4.42 Å². The highest BCUT2D eigenvalue weighted by Gasteiger charge is 2.48. The van der Waals surface area contributed by atoms with Crippen molar-refractivity contribution in [2.24, 2.45) is 11.8 Å². The van der Waals surface area contributed by atoms with Crippen molar-refractivity contribution < 1.29 is 4.42 Å². The molecule has 2 heterocycles. The van der Waals surface area contributed by atoms with E-state index in [1.165, 1.54) is 43.4 Å². The van der Waals surface area contributed by atoms with Gasteiger partial charge in [-0.1, -0.05) is 12.8 Å². The zero-order valence-corrected chi connectivity index (χ0v) is 9.67. The Morgan fingerprint density at radius 2 is 2.06 bits per heavy atom. The molecule has 2 aliphatic carbocycles. The summed E-state index contributed by atoms with van der Waals surface area (Å²) in [7, 11) is 0. The normalized spacial score (nSPS) is 41.2. The molecular weight excluding hydrogens is 198 g/mol. The Labute approximate surface area is 96.4 Å². The molecule has 3 aliphatic rings. The first kappa shape index (κ1) is 9.29. The molecule has 1 aliphatic heterocycles. The van der Waals surface area contributed by atoms with E-state index in [1.807, 2.05) is 6.26 Å². The maximum Gasteiger partial charge on any atom is 0.127 e. The second kappa shape index (κ2) is 3.13. The summed E-state index contributed by atoms with van der Waals surface area (Å²) in [6, 6.07) is 2.18. The Bertz CT molecular complexity index is 397. The van der Waals surface area contributed by atoms with E-state index in [2.05, 4.69) is 11.4 Å². The molecule has 0 amide bonds. The Morgan fingerprint density at radius 3 is 2.88 bits per heavy atom. The molecule has 0 aromatic carbocycles. The van der Waals surface area contributed by atoms with Gasteiger partial charge in [0.25, 0.3) is 0 Å². The van der Waals surface area contributed by atoms with E-state index < -0.39 is 0 Å². The second-order valence-electron chi connectivity index (χ2n) is 5.99. The number of nitrogens with one attached hydrogen (secondary N) is 1. The fraction of sp³-hybridized carbons (Fsp3) is 0.714. The molecule has 2 nitrogen and oxygen atoms in total. The second-order valence-corrected chi connectivity index (χ2v) is 5.99. The van der Waals surface area contributed by atoms with Crippen LogP contribution in [0.25, 0.3) is 0 Å². The van der Waals surface area contributed by atoms with Gasteiger partial charge in [0.2, 0.25) is 0 Å². The van der Waals surface area contributed by atoms with Gasteiger partial charge in [0.05, 0.1) is 11.8 Å². The molecule has 1 spiro atoms. The molecule has 3 atom stereocenters. The highest BCUT2D eigenvalue weighted by atomic mass is 16.3. The lowest BCUT2D eigenvalue weighted by Gasteiger charge is -2.43. The van der Waals surface area contributed by atoms with Gasteiger partial charge < -0.3 is 9.73 Å². The Balaban J connectivity index is 1.78. The predicted molar refractivity (Wildman–Crippen MR) is 62.2 cm³/mol. The third kappa shape index (κ3) is 1.17. The smallest absolute Gasteiger partial charge is 0.127 e. The van der Waals surface area contributed by atoms with Gasteiger partial charge in [-0.2, -0.15) is 0 Å². The minimum atomic E-state index is 0.209. The van der Waals surface area contributed by atoms with Gasteiger partial charge in [-0.05, 0) is 49.1 Å².